The number of rotatable bonds is 5. The summed E-state index contributed by atoms with van der Waals surface area (Å²) in [5.74, 6) is 0. The Balaban J connectivity index is 2.84. The Morgan fingerprint density at radius 1 is 1.40 bits per heavy atom. The molecular weight excluding hydrogens is 243 g/mol. The second kappa shape index (κ2) is 7.31. The van der Waals surface area contributed by atoms with E-state index in [1.807, 2.05) is 0 Å². The van der Waals surface area contributed by atoms with Crippen LogP contribution < -0.4 is 0 Å². The van der Waals surface area contributed by atoms with Gasteiger partial charge in [0.05, 0.1) is 29.2 Å². The van der Waals surface area contributed by atoms with Gasteiger partial charge in [0.25, 0.3) is 0 Å². The minimum absolute atomic E-state index is 0.200. The van der Waals surface area contributed by atoms with Crippen molar-refractivity contribution in [2.24, 2.45) is 0 Å². The molecule has 0 aromatic heterocycles. The molecule has 0 bridgehead atoms. The smallest absolute Gasteiger partial charge is 0.367 e. The molecule has 0 saturated carbocycles. The van der Waals surface area contributed by atoms with E-state index in [0.717, 1.165) is 6.42 Å². The zero-order valence-electron chi connectivity index (χ0n) is 6.23. The van der Waals surface area contributed by atoms with Gasteiger partial charge in [-0.25, -0.2) is 4.79 Å². The van der Waals surface area contributed by atoms with Gasteiger partial charge < -0.3 is 4.74 Å². The first kappa shape index (κ1) is 10.2. The maximum atomic E-state index is 10.2. The monoisotopic (exact) mass is 256 g/mol. The van der Waals surface area contributed by atoms with Gasteiger partial charge in [0.1, 0.15) is 0 Å². The Morgan fingerprint density at radius 2 is 2.10 bits per heavy atom. The highest BCUT2D eigenvalue weighted by atomic mass is 127. The van der Waals surface area contributed by atoms with E-state index in [1.165, 1.54) is 19.3 Å². The Morgan fingerprint density at radius 3 is 2.60 bits per heavy atom. The lowest BCUT2D eigenvalue weighted by molar-refractivity contribution is 0.176. The Hall–Kier alpha value is 0.200. The number of hydrogen-bond donors (Lipinski definition) is 0. The highest BCUT2D eigenvalue weighted by Gasteiger charge is 1.92. The largest absolute Gasteiger partial charge is 0.458 e. The van der Waals surface area contributed by atoms with Gasteiger partial charge in [-0.15, -0.1) is 0 Å². The first-order chi connectivity index (χ1) is 4.77. The summed E-state index contributed by atoms with van der Waals surface area (Å²) in [7, 11) is 0. The van der Waals surface area contributed by atoms with E-state index in [-0.39, 0.29) is 3.98 Å². The van der Waals surface area contributed by atoms with Gasteiger partial charge in [-0.05, 0) is 6.42 Å². The molecule has 0 amide bonds. The Labute approximate surface area is 75.5 Å². The van der Waals surface area contributed by atoms with E-state index in [9.17, 15) is 4.79 Å². The fourth-order valence-electron chi connectivity index (χ4n) is 0.681. The Bertz CT molecular complexity index is 93.6. The molecule has 0 radical (unpaired) electrons. The van der Waals surface area contributed by atoms with Gasteiger partial charge in [0.2, 0.25) is 0 Å². The first-order valence-corrected chi connectivity index (χ1v) is 4.67. The van der Waals surface area contributed by atoms with Crippen molar-refractivity contribution >= 4 is 26.6 Å². The molecule has 2 nitrogen and oxygen atoms in total. The van der Waals surface area contributed by atoms with Crippen molar-refractivity contribution in [1.29, 1.82) is 0 Å². The van der Waals surface area contributed by atoms with Crippen molar-refractivity contribution in [1.82, 2.24) is 0 Å². The van der Waals surface area contributed by atoms with Crippen LogP contribution in [0.5, 0.6) is 0 Å². The summed E-state index contributed by atoms with van der Waals surface area (Å²) < 4.78 is 4.54. The molecule has 60 valence electrons. The van der Waals surface area contributed by atoms with Crippen LogP contribution in [0.3, 0.4) is 0 Å². The molecule has 0 N–H and O–H groups in total. The summed E-state index contributed by atoms with van der Waals surface area (Å²) in [6.07, 6.45) is 4.62. The van der Waals surface area contributed by atoms with Crippen LogP contribution in [0.1, 0.15) is 32.6 Å². The minimum atomic E-state index is -0.200. The highest BCUT2D eigenvalue weighted by Crippen LogP contribution is 2.00. The summed E-state index contributed by atoms with van der Waals surface area (Å²) in [6.45, 7) is 2.74. The second-order valence-electron chi connectivity index (χ2n) is 2.15. The number of halogens is 1. The molecule has 0 aliphatic rings. The van der Waals surface area contributed by atoms with E-state index in [4.69, 9.17) is 4.74 Å². The van der Waals surface area contributed by atoms with Crippen LogP contribution >= 0.6 is 22.6 Å². The van der Waals surface area contributed by atoms with Crippen LogP contribution in [0.15, 0.2) is 0 Å². The van der Waals surface area contributed by atoms with Crippen molar-refractivity contribution in [3.05, 3.63) is 0 Å². The normalized spacial score (nSPS) is 9.40. The summed E-state index contributed by atoms with van der Waals surface area (Å²) in [5.41, 5.74) is 0. The number of carbonyl (C=O) groups is 1. The van der Waals surface area contributed by atoms with Crippen molar-refractivity contribution in [2.75, 3.05) is 6.61 Å². The Kier molecular flexibility index (Phi) is 7.45. The molecule has 0 rings (SSSR count). The van der Waals surface area contributed by atoms with Crippen LogP contribution in [0.25, 0.3) is 0 Å². The molecule has 0 aromatic carbocycles. The summed E-state index contributed by atoms with van der Waals surface area (Å²) in [4.78, 5) is 10.2. The molecule has 0 aromatic rings. The fourth-order valence-corrected chi connectivity index (χ4v) is 0.901. The number of hydrogen-bond acceptors (Lipinski definition) is 2. The van der Waals surface area contributed by atoms with Crippen molar-refractivity contribution in [3.8, 4) is 0 Å². The van der Waals surface area contributed by atoms with E-state index in [1.54, 1.807) is 22.6 Å². The standard InChI is InChI=1S/C7H13IO2/c1-2-3-4-5-6-10-7(8)9/h2-6H2,1H3. The molecule has 0 unspecified atom stereocenters. The topological polar surface area (TPSA) is 26.3 Å². The fraction of sp³-hybridized carbons (Fsp3) is 0.857. The summed E-state index contributed by atoms with van der Waals surface area (Å²) >= 11 is 1.64. The maximum absolute atomic E-state index is 10.2. The molecule has 0 atom stereocenters. The SMILES string of the molecule is CCCCCCOC(=O)I. The number of carbonyl (C=O) groups excluding carboxylic acids is 1. The predicted octanol–water partition coefficient (Wildman–Crippen LogP) is 3.14. The molecule has 3 heteroatoms. The molecule has 0 aliphatic heterocycles. The van der Waals surface area contributed by atoms with Gasteiger partial charge in [0.15, 0.2) is 0 Å². The lowest BCUT2D eigenvalue weighted by Crippen LogP contribution is -1.95. The zero-order chi connectivity index (χ0) is 7.82. The molecule has 0 spiro atoms. The molecule has 0 aliphatic carbocycles. The minimum Gasteiger partial charge on any atom is -0.458 e. The lowest BCUT2D eigenvalue weighted by Gasteiger charge is -1.98. The quantitative estimate of drug-likeness (QED) is 0.429. The van der Waals surface area contributed by atoms with Gasteiger partial charge in [-0.3, -0.25) is 0 Å². The van der Waals surface area contributed by atoms with Gasteiger partial charge >= 0.3 is 3.98 Å². The van der Waals surface area contributed by atoms with E-state index in [2.05, 4.69) is 6.92 Å². The first-order valence-electron chi connectivity index (χ1n) is 3.59. The van der Waals surface area contributed by atoms with Crippen LogP contribution in [0.2, 0.25) is 0 Å². The van der Waals surface area contributed by atoms with E-state index < -0.39 is 0 Å². The van der Waals surface area contributed by atoms with Gasteiger partial charge in [0, 0.05) is 0 Å². The van der Waals surface area contributed by atoms with Crippen molar-refractivity contribution in [3.63, 3.8) is 0 Å². The molecule has 0 saturated heterocycles. The third-order valence-electron chi connectivity index (χ3n) is 1.21. The predicted molar refractivity (Wildman–Crippen MR) is 49.5 cm³/mol. The molecular formula is C7H13IO2. The van der Waals surface area contributed by atoms with Crippen LogP contribution in [-0.4, -0.2) is 10.6 Å². The average molecular weight is 256 g/mol. The summed E-state index contributed by atoms with van der Waals surface area (Å²) in [5, 5.41) is 0. The molecule has 10 heavy (non-hydrogen) atoms. The third kappa shape index (κ3) is 8.20. The molecule has 0 fully saturated rings. The van der Waals surface area contributed by atoms with Gasteiger partial charge in [-0.1, -0.05) is 26.2 Å². The van der Waals surface area contributed by atoms with Crippen molar-refractivity contribution < 1.29 is 9.53 Å². The summed E-state index contributed by atoms with van der Waals surface area (Å²) in [6, 6.07) is 0. The number of unbranched alkanes of at least 4 members (excludes halogenated alkanes) is 3. The lowest BCUT2D eigenvalue weighted by atomic mass is 10.2. The molecule has 0 heterocycles. The van der Waals surface area contributed by atoms with Crippen LogP contribution in [0, 0.1) is 0 Å². The zero-order valence-corrected chi connectivity index (χ0v) is 8.39. The van der Waals surface area contributed by atoms with Gasteiger partial charge in [-0.2, -0.15) is 0 Å². The highest BCUT2D eigenvalue weighted by molar-refractivity contribution is 14.1. The van der Waals surface area contributed by atoms with Crippen LogP contribution in [0.4, 0.5) is 4.79 Å². The second-order valence-corrected chi connectivity index (χ2v) is 3.03. The third-order valence-corrected chi connectivity index (χ3v) is 1.52. The number of ether oxygens (including phenoxy) is 1. The van der Waals surface area contributed by atoms with Crippen LogP contribution in [-0.2, 0) is 4.74 Å². The maximum Gasteiger partial charge on any atom is 0.367 e. The van der Waals surface area contributed by atoms with E-state index in [0.29, 0.717) is 6.61 Å². The average Bonchev–Trinajstić information content (AvgIpc) is 1.87. The van der Waals surface area contributed by atoms with E-state index >= 15 is 0 Å². The van der Waals surface area contributed by atoms with Crippen molar-refractivity contribution in [2.45, 2.75) is 32.6 Å².